The van der Waals surface area contributed by atoms with Crippen molar-refractivity contribution < 1.29 is 0 Å². The summed E-state index contributed by atoms with van der Waals surface area (Å²) in [5, 5.41) is 1.07. The normalized spacial score (nSPS) is 12.0. The minimum absolute atomic E-state index is 0.405. The van der Waals surface area contributed by atoms with E-state index >= 15 is 0 Å². The van der Waals surface area contributed by atoms with Gasteiger partial charge in [0.1, 0.15) is 5.82 Å². The Kier molecular flexibility index (Phi) is 6.29. The number of rotatable bonds is 7. The molecule has 0 spiro atoms. The fourth-order valence-corrected chi connectivity index (χ4v) is 4.70. The zero-order valence-electron chi connectivity index (χ0n) is 10.1. The molecule has 0 aliphatic carbocycles. The number of hydrogen-bond acceptors (Lipinski definition) is 4. The Balaban J connectivity index is 2.55. The molecule has 0 unspecified atom stereocenters. The van der Waals surface area contributed by atoms with E-state index in [4.69, 9.17) is 0 Å². The molecule has 1 heterocycles. The van der Waals surface area contributed by atoms with E-state index in [1.807, 2.05) is 11.8 Å². The zero-order valence-corrected chi connectivity index (χ0v) is 13.3. The Bertz CT molecular complexity index is 302. The number of thioether (sulfide) groups is 1. The first-order valence-electron chi connectivity index (χ1n) is 5.71. The van der Waals surface area contributed by atoms with Gasteiger partial charge in [-0.25, -0.2) is 4.98 Å². The molecule has 0 radical (unpaired) electrons. The predicted octanol–water partition coefficient (Wildman–Crippen LogP) is 4.39. The second-order valence-electron chi connectivity index (χ2n) is 3.96. The summed E-state index contributed by atoms with van der Waals surface area (Å²) in [6.07, 6.45) is 3.35. The van der Waals surface area contributed by atoms with E-state index in [-0.39, 0.29) is 0 Å². The number of hydrogen-bond donors (Lipinski definition) is 0. The van der Waals surface area contributed by atoms with Crippen molar-refractivity contribution in [3.05, 3.63) is 5.82 Å². The van der Waals surface area contributed by atoms with Crippen molar-refractivity contribution >= 4 is 39.2 Å². The number of alkyl halides is 1. The highest BCUT2D eigenvalue weighted by Gasteiger charge is 2.25. The second-order valence-corrected chi connectivity index (χ2v) is 6.49. The fourth-order valence-electron chi connectivity index (χ4n) is 1.34. The van der Waals surface area contributed by atoms with E-state index < -0.39 is 0 Å². The van der Waals surface area contributed by atoms with Gasteiger partial charge in [0.25, 0.3) is 0 Å². The number of aromatic nitrogens is 2. The van der Waals surface area contributed by atoms with Crippen LogP contribution in [0.15, 0.2) is 4.34 Å². The maximum Gasteiger partial charge on any atom is 0.170 e. The fraction of sp³-hybridized carbons (Fsp3) is 0.818. The summed E-state index contributed by atoms with van der Waals surface area (Å²) in [7, 11) is 0. The van der Waals surface area contributed by atoms with Crippen LogP contribution in [0.1, 0.15) is 39.4 Å². The van der Waals surface area contributed by atoms with Crippen LogP contribution in [0.2, 0.25) is 0 Å². The van der Waals surface area contributed by atoms with E-state index in [1.54, 1.807) is 0 Å². The molecule has 1 aromatic rings. The van der Waals surface area contributed by atoms with Crippen LogP contribution in [-0.2, 0) is 6.42 Å². The maximum absolute atomic E-state index is 4.49. The van der Waals surface area contributed by atoms with Crippen LogP contribution in [0.5, 0.6) is 0 Å². The molecule has 5 heteroatoms. The largest absolute Gasteiger partial charge is 0.213 e. The molecule has 0 saturated heterocycles. The van der Waals surface area contributed by atoms with Crippen molar-refractivity contribution in [2.75, 3.05) is 11.1 Å². The SMILES string of the molecule is CCc1nsc(SCC(CC)(CC)CBr)n1. The van der Waals surface area contributed by atoms with E-state index in [0.29, 0.717) is 5.41 Å². The molecular weight excluding hydrogens is 304 g/mol. The average molecular weight is 323 g/mol. The summed E-state index contributed by atoms with van der Waals surface area (Å²) < 4.78 is 5.43. The molecule has 0 saturated carbocycles. The van der Waals surface area contributed by atoms with E-state index in [2.05, 4.69) is 46.1 Å². The summed E-state index contributed by atoms with van der Waals surface area (Å²) in [6.45, 7) is 6.63. The Morgan fingerprint density at radius 3 is 2.44 bits per heavy atom. The van der Waals surface area contributed by atoms with Gasteiger partial charge in [-0.1, -0.05) is 48.5 Å². The molecule has 0 fully saturated rings. The van der Waals surface area contributed by atoms with Gasteiger partial charge in [0.05, 0.1) is 0 Å². The zero-order chi connectivity index (χ0) is 12.0. The van der Waals surface area contributed by atoms with Gasteiger partial charge in [-0.3, -0.25) is 0 Å². The highest BCUT2D eigenvalue weighted by molar-refractivity contribution is 9.09. The molecule has 0 amide bonds. The van der Waals surface area contributed by atoms with Gasteiger partial charge in [0, 0.05) is 17.5 Å². The molecule has 0 aliphatic heterocycles. The molecule has 2 nitrogen and oxygen atoms in total. The number of nitrogens with zero attached hydrogens (tertiary/aromatic N) is 2. The predicted molar refractivity (Wildman–Crippen MR) is 76.8 cm³/mol. The van der Waals surface area contributed by atoms with Gasteiger partial charge >= 0.3 is 0 Å². The molecular formula is C11H19BrN2S2. The standard InChI is InChI=1S/C11H19BrN2S2/c1-4-9-13-10(16-14-9)15-8-11(5-2,6-3)7-12/h4-8H2,1-3H3. The maximum atomic E-state index is 4.49. The summed E-state index contributed by atoms with van der Waals surface area (Å²) in [4.78, 5) is 4.49. The lowest BCUT2D eigenvalue weighted by Crippen LogP contribution is -2.23. The summed E-state index contributed by atoms with van der Waals surface area (Å²) in [5.41, 5.74) is 0.405. The highest BCUT2D eigenvalue weighted by atomic mass is 79.9. The Hall–Kier alpha value is 0.390. The average Bonchev–Trinajstić information content (AvgIpc) is 2.80. The van der Waals surface area contributed by atoms with Crippen LogP contribution < -0.4 is 0 Å². The molecule has 0 aliphatic rings. The van der Waals surface area contributed by atoms with Gasteiger partial charge in [-0.2, -0.15) is 4.37 Å². The molecule has 1 aromatic heterocycles. The number of aryl methyl sites for hydroxylation is 1. The molecule has 0 bridgehead atoms. The second kappa shape index (κ2) is 6.97. The number of halogens is 1. The van der Waals surface area contributed by atoms with Crippen LogP contribution in [0.3, 0.4) is 0 Å². The van der Waals surface area contributed by atoms with E-state index in [9.17, 15) is 0 Å². The minimum Gasteiger partial charge on any atom is -0.213 e. The lowest BCUT2D eigenvalue weighted by molar-refractivity contribution is 0.359. The van der Waals surface area contributed by atoms with Gasteiger partial charge in [-0.05, 0) is 29.8 Å². The van der Waals surface area contributed by atoms with Crippen LogP contribution >= 0.6 is 39.2 Å². The quantitative estimate of drug-likeness (QED) is 0.550. The van der Waals surface area contributed by atoms with Crippen molar-refractivity contribution in [1.82, 2.24) is 9.36 Å². The lowest BCUT2D eigenvalue weighted by Gasteiger charge is -2.28. The summed E-state index contributed by atoms with van der Waals surface area (Å²) in [6, 6.07) is 0. The molecule has 92 valence electrons. The van der Waals surface area contributed by atoms with E-state index in [0.717, 1.165) is 27.7 Å². The lowest BCUT2D eigenvalue weighted by atomic mass is 9.87. The third-order valence-corrected chi connectivity index (χ3v) is 6.46. The monoisotopic (exact) mass is 322 g/mol. The Morgan fingerprint density at radius 2 is 2.00 bits per heavy atom. The minimum atomic E-state index is 0.405. The molecule has 0 aromatic carbocycles. The first-order chi connectivity index (χ1) is 7.69. The van der Waals surface area contributed by atoms with Crippen LogP contribution in [-0.4, -0.2) is 20.4 Å². The third kappa shape index (κ3) is 3.70. The molecule has 1 rings (SSSR count). The smallest absolute Gasteiger partial charge is 0.170 e. The van der Waals surface area contributed by atoms with Crippen LogP contribution in [0, 0.1) is 5.41 Å². The molecule has 0 N–H and O–H groups in total. The van der Waals surface area contributed by atoms with Crippen molar-refractivity contribution in [3.8, 4) is 0 Å². The third-order valence-electron chi connectivity index (χ3n) is 3.05. The van der Waals surface area contributed by atoms with Crippen molar-refractivity contribution in [3.63, 3.8) is 0 Å². The van der Waals surface area contributed by atoms with E-state index in [1.165, 1.54) is 24.4 Å². The topological polar surface area (TPSA) is 25.8 Å². The van der Waals surface area contributed by atoms with Gasteiger partial charge in [0.2, 0.25) is 0 Å². The first kappa shape index (κ1) is 14.5. The molecule has 0 atom stereocenters. The first-order valence-corrected chi connectivity index (χ1v) is 8.59. The Morgan fingerprint density at radius 1 is 1.31 bits per heavy atom. The van der Waals surface area contributed by atoms with Crippen LogP contribution in [0.25, 0.3) is 0 Å². The van der Waals surface area contributed by atoms with Crippen molar-refractivity contribution in [2.24, 2.45) is 5.41 Å². The van der Waals surface area contributed by atoms with Crippen molar-refractivity contribution in [2.45, 2.75) is 44.4 Å². The van der Waals surface area contributed by atoms with Crippen molar-refractivity contribution in [1.29, 1.82) is 0 Å². The van der Waals surface area contributed by atoms with Crippen LogP contribution in [0.4, 0.5) is 0 Å². The van der Waals surface area contributed by atoms with Gasteiger partial charge in [-0.15, -0.1) is 0 Å². The Labute approximate surface area is 115 Å². The highest BCUT2D eigenvalue weighted by Crippen LogP contribution is 2.35. The summed E-state index contributed by atoms with van der Waals surface area (Å²) in [5.74, 6) is 2.11. The van der Waals surface area contributed by atoms with Gasteiger partial charge in [0.15, 0.2) is 4.34 Å². The molecule has 16 heavy (non-hydrogen) atoms. The van der Waals surface area contributed by atoms with Gasteiger partial charge < -0.3 is 0 Å². The summed E-state index contributed by atoms with van der Waals surface area (Å²) >= 11 is 7.02.